The number of carbonyl (C=O) groups is 2. The number of halogens is 1. The van der Waals surface area contributed by atoms with E-state index in [9.17, 15) is 9.59 Å². The molecule has 1 unspecified atom stereocenters. The molecule has 0 bridgehead atoms. The average Bonchev–Trinajstić information content (AvgIpc) is 3.33. The number of nitrogens with zero attached hydrogens (tertiary/aromatic N) is 2. The quantitative estimate of drug-likeness (QED) is 0.624. The van der Waals surface area contributed by atoms with Crippen LogP contribution in [-0.4, -0.2) is 28.0 Å². The van der Waals surface area contributed by atoms with Gasteiger partial charge in [-0.2, -0.15) is 0 Å². The summed E-state index contributed by atoms with van der Waals surface area (Å²) in [4.78, 5) is 29.0. The first kappa shape index (κ1) is 20.2. The number of aromatic nitrogens is 1. The van der Waals surface area contributed by atoms with Crippen LogP contribution in [0.15, 0.2) is 47.1 Å². The van der Waals surface area contributed by atoms with Gasteiger partial charge >= 0.3 is 0 Å². The third-order valence-corrected chi connectivity index (χ3v) is 7.08. The van der Waals surface area contributed by atoms with Gasteiger partial charge in [0.1, 0.15) is 11.2 Å². The average molecular weight is 440 g/mol. The molecule has 0 saturated heterocycles. The molecular formula is C24H26ClN3O3. The summed E-state index contributed by atoms with van der Waals surface area (Å²) in [6.45, 7) is 4.44. The molecule has 1 fully saturated rings. The second-order valence-electron chi connectivity index (χ2n) is 9.11. The summed E-state index contributed by atoms with van der Waals surface area (Å²) in [5.41, 5.74) is 1.54. The van der Waals surface area contributed by atoms with Gasteiger partial charge in [0.2, 0.25) is 5.91 Å². The van der Waals surface area contributed by atoms with E-state index in [1.807, 2.05) is 17.6 Å². The van der Waals surface area contributed by atoms with Crippen molar-refractivity contribution in [3.05, 3.63) is 53.4 Å². The second kappa shape index (κ2) is 7.45. The van der Waals surface area contributed by atoms with Crippen LogP contribution in [0, 0.1) is 5.92 Å². The Bertz CT molecular complexity index is 1140. The predicted octanol–water partition coefficient (Wildman–Crippen LogP) is 5.00. The van der Waals surface area contributed by atoms with Crippen molar-refractivity contribution in [2.75, 3.05) is 4.90 Å². The first-order chi connectivity index (χ1) is 14.9. The summed E-state index contributed by atoms with van der Waals surface area (Å²) in [7, 11) is 0. The summed E-state index contributed by atoms with van der Waals surface area (Å²) in [5.74, 6) is 0.337. The molecule has 1 N–H and O–H groups in total. The van der Waals surface area contributed by atoms with Crippen molar-refractivity contribution < 1.29 is 14.0 Å². The molecule has 3 aromatic rings. The Balaban J connectivity index is 1.56. The fraction of sp³-hybridized carbons (Fsp3) is 0.417. The number of carbonyl (C=O) groups excluding carboxylic acids is 2. The minimum atomic E-state index is -1.09. The van der Waals surface area contributed by atoms with Gasteiger partial charge in [0.25, 0.3) is 5.91 Å². The van der Waals surface area contributed by atoms with Crippen LogP contribution in [0.5, 0.6) is 0 Å². The zero-order valence-corrected chi connectivity index (χ0v) is 18.5. The fourth-order valence-corrected chi connectivity index (χ4v) is 5.08. The van der Waals surface area contributed by atoms with Crippen LogP contribution < -0.4 is 10.2 Å². The van der Waals surface area contributed by atoms with Crippen LogP contribution in [0.4, 0.5) is 5.69 Å². The zero-order chi connectivity index (χ0) is 21.8. The molecular weight excluding hydrogens is 414 g/mol. The molecule has 6 nitrogen and oxygen atoms in total. The highest BCUT2D eigenvalue weighted by Gasteiger charge is 2.49. The highest BCUT2D eigenvalue weighted by atomic mass is 35.5. The molecule has 2 aliphatic rings. The lowest BCUT2D eigenvalue weighted by molar-refractivity contribution is -0.127. The summed E-state index contributed by atoms with van der Waals surface area (Å²) in [6.07, 6.45) is 5.77. The lowest BCUT2D eigenvalue weighted by Gasteiger charge is -2.44. The molecule has 2 aromatic heterocycles. The Labute approximate surface area is 186 Å². The van der Waals surface area contributed by atoms with Crippen molar-refractivity contribution in [2.45, 2.75) is 57.7 Å². The van der Waals surface area contributed by atoms with Crippen LogP contribution in [0.3, 0.4) is 0 Å². The van der Waals surface area contributed by atoms with Crippen LogP contribution in [-0.2, 0) is 11.3 Å². The monoisotopic (exact) mass is 439 g/mol. The lowest BCUT2D eigenvalue weighted by atomic mass is 9.86. The smallest absolute Gasteiger partial charge is 0.276 e. The number of nitrogens with one attached hydrogen (secondary N) is 1. The minimum absolute atomic E-state index is 0.133. The number of benzene rings is 1. The molecule has 7 heteroatoms. The van der Waals surface area contributed by atoms with Crippen molar-refractivity contribution in [3.8, 4) is 0 Å². The van der Waals surface area contributed by atoms with Crippen LogP contribution in [0.25, 0.3) is 11.1 Å². The summed E-state index contributed by atoms with van der Waals surface area (Å²) < 4.78 is 7.43. The molecule has 162 valence electrons. The van der Waals surface area contributed by atoms with E-state index in [1.54, 1.807) is 41.5 Å². The van der Waals surface area contributed by atoms with Crippen LogP contribution in [0.1, 0.15) is 50.0 Å². The Morgan fingerprint density at radius 3 is 2.58 bits per heavy atom. The molecule has 2 amide bonds. The van der Waals surface area contributed by atoms with Crippen LogP contribution in [0.2, 0.25) is 5.02 Å². The Morgan fingerprint density at radius 1 is 1.16 bits per heavy atom. The molecule has 3 heterocycles. The van der Waals surface area contributed by atoms with Gasteiger partial charge in [0, 0.05) is 28.9 Å². The molecule has 5 rings (SSSR count). The number of anilines is 1. The Kier molecular flexibility index (Phi) is 4.85. The van der Waals surface area contributed by atoms with Crippen molar-refractivity contribution in [1.82, 2.24) is 9.88 Å². The maximum absolute atomic E-state index is 13.7. The highest BCUT2D eigenvalue weighted by Crippen LogP contribution is 2.37. The fourth-order valence-electron chi connectivity index (χ4n) is 4.95. The topological polar surface area (TPSA) is 67.5 Å². The molecule has 1 saturated carbocycles. The molecule has 31 heavy (non-hydrogen) atoms. The van der Waals surface area contributed by atoms with E-state index in [-0.39, 0.29) is 17.9 Å². The summed E-state index contributed by atoms with van der Waals surface area (Å²) in [6, 6.07) is 10.8. The van der Waals surface area contributed by atoms with Crippen molar-refractivity contribution in [1.29, 1.82) is 0 Å². The molecule has 1 aromatic carbocycles. The third kappa shape index (κ3) is 3.33. The SMILES string of the molecule is CC1CCC(NC(=O)C2(C)Cn3c(cc4occc43)C(=O)N2c2ccc(Cl)cc2)CC1. The van der Waals surface area contributed by atoms with Gasteiger partial charge in [-0.15, -0.1) is 0 Å². The van der Waals surface area contributed by atoms with Crippen LogP contribution >= 0.6 is 11.6 Å². The molecule has 0 radical (unpaired) electrons. The first-order valence-electron chi connectivity index (χ1n) is 10.8. The van der Waals surface area contributed by atoms with Gasteiger partial charge in [-0.25, -0.2) is 0 Å². The van der Waals surface area contributed by atoms with E-state index in [0.717, 1.165) is 31.2 Å². The van der Waals surface area contributed by atoms with Crippen molar-refractivity contribution in [3.63, 3.8) is 0 Å². The van der Waals surface area contributed by atoms with E-state index in [4.69, 9.17) is 16.0 Å². The Morgan fingerprint density at radius 2 is 1.87 bits per heavy atom. The third-order valence-electron chi connectivity index (χ3n) is 6.83. The molecule has 1 atom stereocenters. The molecule has 0 spiro atoms. The number of amides is 2. The van der Waals surface area contributed by atoms with Crippen molar-refractivity contribution >= 4 is 40.2 Å². The van der Waals surface area contributed by atoms with Gasteiger partial charge in [-0.1, -0.05) is 18.5 Å². The van der Waals surface area contributed by atoms with E-state index in [1.165, 1.54) is 0 Å². The normalized spacial score (nSPS) is 26.2. The van der Waals surface area contributed by atoms with Crippen molar-refractivity contribution in [2.24, 2.45) is 5.92 Å². The molecule has 1 aliphatic carbocycles. The van der Waals surface area contributed by atoms with E-state index < -0.39 is 5.54 Å². The number of fused-ring (bicyclic) bond motifs is 3. The van der Waals surface area contributed by atoms with Gasteiger partial charge in [0.15, 0.2) is 5.58 Å². The summed E-state index contributed by atoms with van der Waals surface area (Å²) >= 11 is 6.08. The highest BCUT2D eigenvalue weighted by molar-refractivity contribution is 6.30. The van der Waals surface area contributed by atoms with E-state index in [2.05, 4.69) is 12.2 Å². The largest absolute Gasteiger partial charge is 0.463 e. The number of hydrogen-bond acceptors (Lipinski definition) is 3. The number of furan rings is 1. The predicted molar refractivity (Wildman–Crippen MR) is 120 cm³/mol. The maximum atomic E-state index is 13.7. The summed E-state index contributed by atoms with van der Waals surface area (Å²) in [5, 5.41) is 3.83. The first-order valence-corrected chi connectivity index (χ1v) is 11.2. The minimum Gasteiger partial charge on any atom is -0.463 e. The lowest BCUT2D eigenvalue weighted by Crippen LogP contribution is -2.65. The van der Waals surface area contributed by atoms with Gasteiger partial charge in [0.05, 0.1) is 18.3 Å². The standard InChI is InChI=1S/C24H26ClN3O3/c1-15-3-7-17(8-4-15)26-23(30)24(2)14-27-19-11-12-31-21(19)13-20(27)22(29)28(24)18-9-5-16(25)6-10-18/h5-6,9-13,15,17H,3-4,7-8,14H2,1-2H3,(H,26,30). The zero-order valence-electron chi connectivity index (χ0n) is 17.7. The number of hydrogen-bond donors (Lipinski definition) is 1. The van der Waals surface area contributed by atoms with Gasteiger partial charge < -0.3 is 14.3 Å². The number of rotatable bonds is 3. The van der Waals surface area contributed by atoms with E-state index in [0.29, 0.717) is 34.4 Å². The molecule has 1 aliphatic heterocycles. The van der Waals surface area contributed by atoms with E-state index >= 15 is 0 Å². The van der Waals surface area contributed by atoms with Gasteiger partial charge in [-0.3, -0.25) is 14.5 Å². The van der Waals surface area contributed by atoms with Gasteiger partial charge in [-0.05, 0) is 62.8 Å². The Hall–Kier alpha value is -2.73. The second-order valence-corrected chi connectivity index (χ2v) is 9.54. The maximum Gasteiger partial charge on any atom is 0.276 e.